The van der Waals surface area contributed by atoms with Crippen LogP contribution in [0.25, 0.3) is 5.69 Å². The monoisotopic (exact) mass is 350 g/mol. The maximum absolute atomic E-state index is 11.6. The average molecular weight is 352 g/mol. The molecule has 18 heavy (non-hydrogen) atoms. The second-order valence-electron chi connectivity index (χ2n) is 3.30. The Balaban J connectivity index is 2.52. The van der Waals surface area contributed by atoms with Gasteiger partial charge in [-0.15, -0.1) is 0 Å². The molecule has 1 N–H and O–H groups in total. The smallest absolute Gasteiger partial charge is 0.242 e. The summed E-state index contributed by atoms with van der Waals surface area (Å²) in [4.78, 5) is 3.80. The Morgan fingerprint density at radius 1 is 1.44 bits per heavy atom. The molecule has 0 aliphatic carbocycles. The lowest BCUT2D eigenvalue weighted by molar-refractivity contribution is 0.606. The Kier molecular flexibility index (Phi) is 3.88. The lowest BCUT2D eigenvalue weighted by Gasteiger charge is -2.12. The van der Waals surface area contributed by atoms with Crippen LogP contribution in [-0.2, 0) is 10.0 Å². The van der Waals surface area contributed by atoms with Crippen molar-refractivity contribution in [1.82, 2.24) is 14.8 Å². The molecule has 2 aromatic rings. The van der Waals surface area contributed by atoms with E-state index in [9.17, 15) is 8.42 Å². The van der Waals surface area contributed by atoms with Crippen molar-refractivity contribution >= 4 is 43.2 Å². The first-order valence-electron chi connectivity index (χ1n) is 4.73. The fourth-order valence-corrected chi connectivity index (χ4v) is 2.51. The first kappa shape index (κ1) is 13.3. The maximum Gasteiger partial charge on any atom is 0.242 e. The molecule has 0 radical (unpaired) electrons. The van der Waals surface area contributed by atoms with Gasteiger partial charge in [-0.3, -0.25) is 4.72 Å². The Morgan fingerprint density at radius 3 is 2.83 bits per heavy atom. The molecule has 0 unspecified atom stereocenters. The number of nitrogens with one attached hydrogen (secondary N) is 1. The molecular weight excluding hydrogens is 344 g/mol. The number of halogens is 2. The molecule has 0 amide bonds. The summed E-state index contributed by atoms with van der Waals surface area (Å²) in [7, 11) is -3.46. The van der Waals surface area contributed by atoms with Gasteiger partial charge in [-0.2, -0.15) is 5.10 Å². The molecule has 1 heterocycles. The molecule has 0 atom stereocenters. The number of hydrogen-bond donors (Lipinski definition) is 1. The molecule has 0 saturated heterocycles. The van der Waals surface area contributed by atoms with E-state index in [0.29, 0.717) is 16.4 Å². The number of benzene rings is 1. The Labute approximate surface area is 117 Å². The third kappa shape index (κ3) is 2.82. The highest BCUT2D eigenvalue weighted by atomic mass is 79.9. The van der Waals surface area contributed by atoms with Gasteiger partial charge in [0.05, 0.1) is 10.7 Å². The zero-order valence-corrected chi connectivity index (χ0v) is 12.1. The second kappa shape index (κ2) is 5.25. The average Bonchev–Trinajstić information content (AvgIpc) is 2.82. The van der Waals surface area contributed by atoms with Gasteiger partial charge in [-0.1, -0.05) is 33.6 Å². The summed E-state index contributed by atoms with van der Waals surface area (Å²) >= 11 is 8.96. The molecule has 1 aromatic heterocycles. The Bertz CT molecular complexity index is 645. The number of aromatic nitrogens is 3. The van der Waals surface area contributed by atoms with Gasteiger partial charge in [0.25, 0.3) is 0 Å². The number of sulfonamides is 1. The number of anilines is 1. The van der Waals surface area contributed by atoms with Crippen molar-refractivity contribution in [1.29, 1.82) is 0 Å². The standard InChI is InChI=1S/C9H8BrClN4O2S/c10-4-18(16,17)14-8-3-1-2-7(11)9(8)15-6-12-5-13-15/h1-3,5-6,14H,4H2. The Morgan fingerprint density at radius 2 is 2.22 bits per heavy atom. The van der Waals surface area contributed by atoms with Gasteiger partial charge >= 0.3 is 0 Å². The SMILES string of the molecule is O=S(=O)(CBr)Nc1cccc(Cl)c1-n1cncn1. The normalized spacial score (nSPS) is 11.4. The van der Waals surface area contributed by atoms with Crippen LogP contribution in [0, 0.1) is 0 Å². The van der Waals surface area contributed by atoms with Gasteiger partial charge in [-0.05, 0) is 12.1 Å². The summed E-state index contributed by atoms with van der Waals surface area (Å²) in [5.74, 6) is 0. The highest BCUT2D eigenvalue weighted by Crippen LogP contribution is 2.28. The molecule has 9 heteroatoms. The van der Waals surface area contributed by atoms with E-state index in [1.807, 2.05) is 0 Å². The van der Waals surface area contributed by atoms with Crippen LogP contribution in [0.1, 0.15) is 0 Å². The lowest BCUT2D eigenvalue weighted by Crippen LogP contribution is -2.15. The van der Waals surface area contributed by atoms with E-state index in [4.69, 9.17) is 11.6 Å². The zero-order valence-electron chi connectivity index (χ0n) is 8.92. The van der Waals surface area contributed by atoms with Gasteiger partial charge < -0.3 is 0 Å². The van der Waals surface area contributed by atoms with Crippen LogP contribution in [-0.4, -0.2) is 27.8 Å². The van der Waals surface area contributed by atoms with E-state index in [0.717, 1.165) is 0 Å². The fourth-order valence-electron chi connectivity index (χ4n) is 1.35. The molecule has 0 spiro atoms. The van der Waals surface area contributed by atoms with E-state index in [-0.39, 0.29) is 4.66 Å². The third-order valence-corrected chi connectivity index (χ3v) is 4.98. The second-order valence-corrected chi connectivity index (χ2v) is 6.73. The number of para-hydroxylation sites is 1. The summed E-state index contributed by atoms with van der Waals surface area (Å²) in [6, 6.07) is 4.89. The summed E-state index contributed by atoms with van der Waals surface area (Å²) in [6.07, 6.45) is 2.78. The van der Waals surface area contributed by atoms with Gasteiger partial charge in [-0.25, -0.2) is 18.1 Å². The molecule has 2 rings (SSSR count). The van der Waals surface area contributed by atoms with E-state index < -0.39 is 10.0 Å². The van der Waals surface area contributed by atoms with Gasteiger partial charge in [0, 0.05) is 0 Å². The number of alkyl halides is 1. The van der Waals surface area contributed by atoms with Gasteiger partial charge in [0.2, 0.25) is 10.0 Å². The molecule has 0 aliphatic rings. The van der Waals surface area contributed by atoms with Crippen LogP contribution in [0.3, 0.4) is 0 Å². The van der Waals surface area contributed by atoms with Crippen molar-refractivity contribution in [3.63, 3.8) is 0 Å². The number of nitrogens with zero attached hydrogens (tertiary/aromatic N) is 3. The predicted molar refractivity (Wildman–Crippen MR) is 72.7 cm³/mol. The van der Waals surface area contributed by atoms with Gasteiger partial charge in [0.15, 0.2) is 0 Å². The highest BCUT2D eigenvalue weighted by molar-refractivity contribution is 9.10. The van der Waals surface area contributed by atoms with Crippen LogP contribution in [0.15, 0.2) is 30.9 Å². The van der Waals surface area contributed by atoms with Crippen molar-refractivity contribution in [3.8, 4) is 5.69 Å². The van der Waals surface area contributed by atoms with Crippen molar-refractivity contribution in [2.45, 2.75) is 0 Å². The van der Waals surface area contributed by atoms with Crippen molar-refractivity contribution in [3.05, 3.63) is 35.9 Å². The Hall–Kier alpha value is -1.12. The van der Waals surface area contributed by atoms with Crippen molar-refractivity contribution in [2.75, 3.05) is 9.38 Å². The van der Waals surface area contributed by atoms with Crippen LogP contribution in [0.5, 0.6) is 0 Å². The van der Waals surface area contributed by atoms with E-state index in [1.54, 1.807) is 18.2 Å². The largest absolute Gasteiger partial charge is 0.281 e. The van der Waals surface area contributed by atoms with Crippen LogP contribution >= 0.6 is 27.5 Å². The quantitative estimate of drug-likeness (QED) is 0.855. The molecule has 1 aromatic carbocycles. The van der Waals surface area contributed by atoms with Crippen LogP contribution in [0.4, 0.5) is 5.69 Å². The van der Waals surface area contributed by atoms with E-state index in [2.05, 4.69) is 30.7 Å². The lowest BCUT2D eigenvalue weighted by atomic mass is 10.3. The predicted octanol–water partition coefficient (Wildman–Crippen LogP) is 2.01. The van der Waals surface area contributed by atoms with E-state index >= 15 is 0 Å². The summed E-state index contributed by atoms with van der Waals surface area (Å²) in [5, 5.41) is 4.31. The first-order valence-corrected chi connectivity index (χ1v) is 7.88. The minimum Gasteiger partial charge on any atom is -0.281 e. The maximum atomic E-state index is 11.6. The molecule has 0 bridgehead atoms. The molecule has 0 aliphatic heterocycles. The summed E-state index contributed by atoms with van der Waals surface area (Å²) in [5.41, 5.74) is 0.772. The van der Waals surface area contributed by atoms with Crippen molar-refractivity contribution in [2.24, 2.45) is 0 Å². The number of hydrogen-bond acceptors (Lipinski definition) is 4. The fraction of sp³-hybridized carbons (Fsp3) is 0.111. The minimum atomic E-state index is -3.46. The molecule has 0 saturated carbocycles. The molecule has 6 nitrogen and oxygen atoms in total. The summed E-state index contributed by atoms with van der Waals surface area (Å²) in [6.45, 7) is 0. The van der Waals surface area contributed by atoms with Crippen LogP contribution < -0.4 is 4.72 Å². The van der Waals surface area contributed by atoms with E-state index in [1.165, 1.54) is 17.3 Å². The molecule has 96 valence electrons. The van der Waals surface area contributed by atoms with Crippen molar-refractivity contribution < 1.29 is 8.42 Å². The zero-order chi connectivity index (χ0) is 13.2. The number of rotatable bonds is 4. The minimum absolute atomic E-state index is 0.205. The molecule has 0 fully saturated rings. The highest BCUT2D eigenvalue weighted by Gasteiger charge is 2.15. The first-order chi connectivity index (χ1) is 8.53. The third-order valence-electron chi connectivity index (χ3n) is 2.04. The topological polar surface area (TPSA) is 76.9 Å². The van der Waals surface area contributed by atoms with Gasteiger partial charge in [0.1, 0.15) is 23.0 Å². The summed E-state index contributed by atoms with van der Waals surface area (Å²) < 4.78 is 26.7. The van der Waals surface area contributed by atoms with Crippen LogP contribution in [0.2, 0.25) is 5.02 Å². The molecular formula is C9H8BrClN4O2S.